The Morgan fingerprint density at radius 2 is 2.05 bits per heavy atom. The maximum Gasteiger partial charge on any atom is 0.126 e. The van der Waals surface area contributed by atoms with Crippen LogP contribution < -0.4 is 5.32 Å². The van der Waals surface area contributed by atoms with Crippen LogP contribution in [0.5, 0.6) is 0 Å². The molecule has 0 bridgehead atoms. The highest BCUT2D eigenvalue weighted by Crippen LogP contribution is 2.21. The number of hydrogen-bond donors (Lipinski definition) is 1. The summed E-state index contributed by atoms with van der Waals surface area (Å²) in [5.74, 6) is 0.978. The molecule has 1 N–H and O–H groups in total. The monoisotopic (exact) mass is 339 g/mol. The molecule has 0 aliphatic heterocycles. The number of aromatic nitrogens is 1. The van der Waals surface area contributed by atoms with Crippen molar-refractivity contribution in [3.05, 3.63) is 22.3 Å². The summed E-state index contributed by atoms with van der Waals surface area (Å²) in [5, 5.41) is 3.41. The molecule has 112 valence electrons. The van der Waals surface area contributed by atoms with E-state index in [0.29, 0.717) is 0 Å². The van der Waals surface area contributed by atoms with Crippen LogP contribution in [-0.2, 0) is 0 Å². The first-order chi connectivity index (χ1) is 9.66. The van der Waals surface area contributed by atoms with Gasteiger partial charge in [0.2, 0.25) is 0 Å². The second-order valence-corrected chi connectivity index (χ2v) is 6.67. The van der Waals surface area contributed by atoms with Gasteiger partial charge >= 0.3 is 0 Å². The van der Waals surface area contributed by atoms with Gasteiger partial charge in [0.05, 0.1) is 5.69 Å². The molecule has 0 amide bonds. The van der Waals surface area contributed by atoms with E-state index in [4.69, 9.17) is 0 Å². The number of pyridine rings is 1. The zero-order valence-corrected chi connectivity index (χ0v) is 14.2. The molecular weight excluding hydrogens is 314 g/mol. The van der Waals surface area contributed by atoms with Crippen LogP contribution in [0.1, 0.15) is 44.2 Å². The van der Waals surface area contributed by atoms with Crippen molar-refractivity contribution in [2.45, 2.75) is 51.5 Å². The smallest absolute Gasteiger partial charge is 0.126 e. The van der Waals surface area contributed by atoms with Crippen LogP contribution in [0.15, 0.2) is 16.6 Å². The third kappa shape index (κ3) is 4.74. The minimum absolute atomic E-state index is 0.816. The molecule has 0 atom stereocenters. The average molecular weight is 340 g/mol. The Labute approximate surface area is 131 Å². The van der Waals surface area contributed by atoms with E-state index < -0.39 is 0 Å². The third-order valence-electron chi connectivity index (χ3n) is 4.21. The van der Waals surface area contributed by atoms with Crippen LogP contribution in [0.3, 0.4) is 0 Å². The Balaban J connectivity index is 1.66. The number of hydrogen-bond acceptors (Lipinski definition) is 3. The standard InChI is InChI=1S/C16H26BrN3/c1-13-15(17)9-10-16(19-13)18-11-6-12-20(2)14-7-4-3-5-8-14/h9-10,14H,3-8,11-12H2,1-2H3,(H,18,19). The fourth-order valence-electron chi connectivity index (χ4n) is 2.89. The summed E-state index contributed by atoms with van der Waals surface area (Å²) in [4.78, 5) is 7.05. The Morgan fingerprint density at radius 1 is 1.30 bits per heavy atom. The Bertz CT molecular complexity index is 416. The van der Waals surface area contributed by atoms with E-state index in [-0.39, 0.29) is 0 Å². The van der Waals surface area contributed by atoms with Crippen molar-refractivity contribution < 1.29 is 0 Å². The summed E-state index contributed by atoms with van der Waals surface area (Å²) >= 11 is 3.48. The number of nitrogens with zero attached hydrogens (tertiary/aromatic N) is 2. The van der Waals surface area contributed by atoms with Crippen molar-refractivity contribution >= 4 is 21.7 Å². The minimum Gasteiger partial charge on any atom is -0.370 e. The molecule has 0 spiro atoms. The van der Waals surface area contributed by atoms with Crippen molar-refractivity contribution in [2.24, 2.45) is 0 Å². The van der Waals surface area contributed by atoms with Gasteiger partial charge in [-0.3, -0.25) is 0 Å². The number of anilines is 1. The second-order valence-electron chi connectivity index (χ2n) is 5.82. The summed E-state index contributed by atoms with van der Waals surface area (Å²) in [6, 6.07) is 4.90. The van der Waals surface area contributed by atoms with E-state index in [2.05, 4.69) is 44.2 Å². The predicted octanol–water partition coefficient (Wildman–Crippen LogP) is 4.22. The first-order valence-corrected chi connectivity index (χ1v) is 8.53. The molecule has 2 rings (SSSR count). The van der Waals surface area contributed by atoms with Gasteiger partial charge in [0.15, 0.2) is 0 Å². The molecule has 1 heterocycles. The highest BCUT2D eigenvalue weighted by molar-refractivity contribution is 9.10. The Kier molecular flexibility index (Phi) is 6.30. The van der Waals surface area contributed by atoms with Gasteiger partial charge in [0.25, 0.3) is 0 Å². The van der Waals surface area contributed by atoms with Gasteiger partial charge in [-0.25, -0.2) is 4.98 Å². The van der Waals surface area contributed by atoms with Crippen molar-refractivity contribution in [3.63, 3.8) is 0 Å². The van der Waals surface area contributed by atoms with E-state index >= 15 is 0 Å². The molecule has 0 unspecified atom stereocenters. The number of rotatable bonds is 6. The zero-order valence-electron chi connectivity index (χ0n) is 12.7. The van der Waals surface area contributed by atoms with E-state index in [1.54, 1.807) is 0 Å². The zero-order chi connectivity index (χ0) is 14.4. The summed E-state index contributed by atoms with van der Waals surface area (Å²) in [7, 11) is 2.28. The Morgan fingerprint density at radius 3 is 2.75 bits per heavy atom. The van der Waals surface area contributed by atoms with Crippen molar-refractivity contribution in [2.75, 3.05) is 25.5 Å². The van der Waals surface area contributed by atoms with Crippen molar-refractivity contribution in [3.8, 4) is 0 Å². The first-order valence-electron chi connectivity index (χ1n) is 7.74. The lowest BCUT2D eigenvalue weighted by Gasteiger charge is -2.31. The van der Waals surface area contributed by atoms with Gasteiger partial charge < -0.3 is 10.2 Å². The molecule has 0 aromatic carbocycles. The van der Waals surface area contributed by atoms with Crippen LogP contribution in [0.2, 0.25) is 0 Å². The molecule has 4 heteroatoms. The van der Waals surface area contributed by atoms with Gasteiger partial charge in [-0.15, -0.1) is 0 Å². The Hall–Kier alpha value is -0.610. The fourth-order valence-corrected chi connectivity index (χ4v) is 3.11. The van der Waals surface area contributed by atoms with Crippen molar-refractivity contribution in [1.82, 2.24) is 9.88 Å². The molecule has 20 heavy (non-hydrogen) atoms. The largest absolute Gasteiger partial charge is 0.370 e. The maximum absolute atomic E-state index is 4.51. The second kappa shape index (κ2) is 7.99. The summed E-state index contributed by atoms with van der Waals surface area (Å²) in [6.45, 7) is 4.18. The van der Waals surface area contributed by atoms with Crippen LogP contribution in [0.4, 0.5) is 5.82 Å². The number of halogens is 1. The van der Waals surface area contributed by atoms with Crippen LogP contribution in [0, 0.1) is 6.92 Å². The summed E-state index contributed by atoms with van der Waals surface area (Å²) in [6.07, 6.45) is 8.20. The highest BCUT2D eigenvalue weighted by Gasteiger charge is 2.17. The molecule has 3 nitrogen and oxygen atoms in total. The van der Waals surface area contributed by atoms with Gasteiger partial charge in [-0.05, 0) is 67.8 Å². The van der Waals surface area contributed by atoms with Gasteiger partial charge in [-0.1, -0.05) is 19.3 Å². The average Bonchev–Trinajstić information content (AvgIpc) is 2.48. The SMILES string of the molecule is Cc1nc(NCCCN(C)C2CCCCC2)ccc1Br. The first kappa shape index (κ1) is 15.8. The number of aryl methyl sites for hydroxylation is 1. The fraction of sp³-hybridized carbons (Fsp3) is 0.688. The maximum atomic E-state index is 4.51. The molecule has 1 aromatic rings. The molecule has 1 aliphatic rings. The van der Waals surface area contributed by atoms with E-state index in [1.807, 2.05) is 13.0 Å². The molecule has 1 saturated carbocycles. The lowest BCUT2D eigenvalue weighted by molar-refractivity contribution is 0.191. The van der Waals surface area contributed by atoms with E-state index in [1.165, 1.54) is 45.1 Å². The lowest BCUT2D eigenvalue weighted by atomic mass is 9.94. The summed E-state index contributed by atoms with van der Waals surface area (Å²) in [5.41, 5.74) is 1.04. The van der Waals surface area contributed by atoms with Crippen LogP contribution in [-0.4, -0.2) is 36.1 Å². The molecule has 0 radical (unpaired) electrons. The lowest BCUT2D eigenvalue weighted by Crippen LogP contribution is -2.34. The predicted molar refractivity (Wildman–Crippen MR) is 89.3 cm³/mol. The minimum atomic E-state index is 0.816. The van der Waals surface area contributed by atoms with E-state index in [0.717, 1.165) is 28.6 Å². The summed E-state index contributed by atoms with van der Waals surface area (Å²) < 4.78 is 1.07. The van der Waals surface area contributed by atoms with Gasteiger partial charge in [0, 0.05) is 17.1 Å². The normalized spacial score (nSPS) is 16.6. The van der Waals surface area contributed by atoms with Crippen molar-refractivity contribution in [1.29, 1.82) is 0 Å². The van der Waals surface area contributed by atoms with Crippen LogP contribution >= 0.6 is 15.9 Å². The quantitative estimate of drug-likeness (QED) is 0.786. The van der Waals surface area contributed by atoms with E-state index in [9.17, 15) is 0 Å². The van der Waals surface area contributed by atoms with Gasteiger partial charge in [0.1, 0.15) is 5.82 Å². The van der Waals surface area contributed by atoms with Gasteiger partial charge in [-0.2, -0.15) is 0 Å². The topological polar surface area (TPSA) is 28.2 Å². The molecule has 1 fully saturated rings. The third-order valence-corrected chi connectivity index (χ3v) is 5.05. The number of nitrogens with one attached hydrogen (secondary N) is 1. The highest BCUT2D eigenvalue weighted by atomic mass is 79.9. The molecule has 1 aliphatic carbocycles. The molecule has 1 aromatic heterocycles. The molecular formula is C16H26BrN3. The molecule has 0 saturated heterocycles. The van der Waals surface area contributed by atoms with Crippen LogP contribution in [0.25, 0.3) is 0 Å².